The zero-order valence-corrected chi connectivity index (χ0v) is 8.38. The van der Waals surface area contributed by atoms with Crippen LogP contribution in [0.2, 0.25) is 0 Å². The third kappa shape index (κ3) is 1.95. The Morgan fingerprint density at radius 1 is 1.54 bits per heavy atom. The molecule has 0 aliphatic rings. The normalized spacial score (nSPS) is 8.62. The van der Waals surface area contributed by atoms with E-state index in [2.05, 4.69) is 26.2 Å². The Bertz CT molecular complexity index is 413. The summed E-state index contributed by atoms with van der Waals surface area (Å²) in [6.07, 6.45) is 1.73. The third-order valence-corrected chi connectivity index (χ3v) is 2.25. The molecule has 1 rings (SSSR count). The highest BCUT2D eigenvalue weighted by Gasteiger charge is 2.06. The quantitative estimate of drug-likeness (QED) is 0.598. The molecule has 0 bridgehead atoms. The van der Waals surface area contributed by atoms with Gasteiger partial charge in [0.05, 0.1) is 11.3 Å². The second-order valence-electron chi connectivity index (χ2n) is 2.30. The first kappa shape index (κ1) is 9.50. The SMILES string of the molecule is Cc1nc(NC#N)c(C#N)cc1Br. The molecule has 0 aliphatic carbocycles. The molecule has 13 heavy (non-hydrogen) atoms. The first-order valence-electron chi connectivity index (χ1n) is 3.41. The molecular formula is C8H5BrN4. The lowest BCUT2D eigenvalue weighted by molar-refractivity contribution is 1.17. The zero-order valence-electron chi connectivity index (χ0n) is 6.80. The third-order valence-electron chi connectivity index (χ3n) is 1.45. The van der Waals surface area contributed by atoms with E-state index in [0.717, 1.165) is 10.2 Å². The smallest absolute Gasteiger partial charge is 0.182 e. The van der Waals surface area contributed by atoms with Crippen molar-refractivity contribution in [2.24, 2.45) is 0 Å². The lowest BCUT2D eigenvalue weighted by atomic mass is 10.2. The summed E-state index contributed by atoms with van der Waals surface area (Å²) in [7, 11) is 0. The number of nitrogens with zero attached hydrogens (tertiary/aromatic N) is 3. The van der Waals surface area contributed by atoms with E-state index in [1.165, 1.54) is 0 Å². The number of aryl methyl sites for hydroxylation is 1. The molecule has 1 N–H and O–H groups in total. The second-order valence-corrected chi connectivity index (χ2v) is 3.15. The maximum atomic E-state index is 8.70. The van der Waals surface area contributed by atoms with Gasteiger partial charge >= 0.3 is 0 Å². The number of nitriles is 2. The van der Waals surface area contributed by atoms with Gasteiger partial charge in [-0.3, -0.25) is 5.32 Å². The van der Waals surface area contributed by atoms with E-state index in [0.29, 0.717) is 11.4 Å². The van der Waals surface area contributed by atoms with Crippen molar-refractivity contribution in [2.45, 2.75) is 6.92 Å². The van der Waals surface area contributed by atoms with Crippen LogP contribution < -0.4 is 5.32 Å². The van der Waals surface area contributed by atoms with Gasteiger partial charge in [-0.2, -0.15) is 10.5 Å². The average Bonchev–Trinajstić information content (AvgIpc) is 2.11. The lowest BCUT2D eigenvalue weighted by Crippen LogP contribution is -1.97. The molecule has 5 heteroatoms. The molecule has 0 radical (unpaired) electrons. The van der Waals surface area contributed by atoms with Crippen LogP contribution in [-0.2, 0) is 0 Å². The summed E-state index contributed by atoms with van der Waals surface area (Å²) in [5.41, 5.74) is 1.08. The Morgan fingerprint density at radius 3 is 2.77 bits per heavy atom. The maximum Gasteiger partial charge on any atom is 0.182 e. The van der Waals surface area contributed by atoms with E-state index < -0.39 is 0 Å². The molecule has 0 atom stereocenters. The van der Waals surface area contributed by atoms with Crippen molar-refractivity contribution < 1.29 is 0 Å². The van der Waals surface area contributed by atoms with Crippen LogP contribution in [0.5, 0.6) is 0 Å². The summed E-state index contributed by atoms with van der Waals surface area (Å²) < 4.78 is 0.757. The highest BCUT2D eigenvalue weighted by atomic mass is 79.9. The minimum absolute atomic E-state index is 0.297. The topological polar surface area (TPSA) is 72.5 Å². The number of pyridine rings is 1. The number of hydrogen-bond donors (Lipinski definition) is 1. The molecule has 0 spiro atoms. The fourth-order valence-electron chi connectivity index (χ4n) is 0.814. The van der Waals surface area contributed by atoms with Crippen LogP contribution in [0.4, 0.5) is 5.82 Å². The minimum atomic E-state index is 0.297. The van der Waals surface area contributed by atoms with Gasteiger partial charge in [0.15, 0.2) is 12.0 Å². The van der Waals surface area contributed by atoms with Gasteiger partial charge in [0.25, 0.3) is 0 Å². The van der Waals surface area contributed by atoms with E-state index in [-0.39, 0.29) is 0 Å². The monoisotopic (exact) mass is 236 g/mol. The van der Waals surface area contributed by atoms with Crippen molar-refractivity contribution in [2.75, 3.05) is 5.32 Å². The van der Waals surface area contributed by atoms with Gasteiger partial charge < -0.3 is 0 Å². The van der Waals surface area contributed by atoms with Gasteiger partial charge in [-0.15, -0.1) is 0 Å². The molecule has 1 heterocycles. The fraction of sp³-hybridized carbons (Fsp3) is 0.125. The first-order valence-corrected chi connectivity index (χ1v) is 4.20. The molecule has 1 aromatic heterocycles. The van der Waals surface area contributed by atoms with Crippen molar-refractivity contribution in [1.29, 1.82) is 10.5 Å². The van der Waals surface area contributed by atoms with Crippen LogP contribution in [0.25, 0.3) is 0 Å². The highest BCUT2D eigenvalue weighted by molar-refractivity contribution is 9.10. The van der Waals surface area contributed by atoms with Gasteiger partial charge in [0, 0.05) is 4.47 Å². The number of rotatable bonds is 1. The summed E-state index contributed by atoms with van der Waals surface area (Å²) in [4.78, 5) is 4.03. The molecule has 0 aromatic carbocycles. The molecule has 4 nitrogen and oxygen atoms in total. The molecule has 64 valence electrons. The molecule has 0 fully saturated rings. The molecule has 0 saturated carbocycles. The van der Waals surface area contributed by atoms with Gasteiger partial charge in [-0.1, -0.05) is 0 Å². The van der Waals surface area contributed by atoms with Crippen molar-refractivity contribution in [1.82, 2.24) is 4.98 Å². The number of aromatic nitrogens is 1. The van der Waals surface area contributed by atoms with E-state index in [9.17, 15) is 0 Å². The molecule has 1 aromatic rings. The molecule has 0 aliphatic heterocycles. The summed E-state index contributed by atoms with van der Waals surface area (Å²) >= 11 is 3.25. The molecule has 0 saturated heterocycles. The average molecular weight is 237 g/mol. The summed E-state index contributed by atoms with van der Waals surface area (Å²) in [5.74, 6) is 0.297. The van der Waals surface area contributed by atoms with Crippen molar-refractivity contribution in [3.63, 3.8) is 0 Å². The Hall–Kier alpha value is -1.59. The predicted octanol–water partition coefficient (Wildman–Crippen LogP) is 1.92. The number of anilines is 1. The molecule has 0 amide bonds. The number of halogens is 1. The van der Waals surface area contributed by atoms with Crippen molar-refractivity contribution in [3.8, 4) is 12.3 Å². The first-order chi connectivity index (χ1) is 6.19. The second kappa shape index (κ2) is 3.88. The van der Waals surface area contributed by atoms with Gasteiger partial charge in [-0.05, 0) is 28.9 Å². The van der Waals surface area contributed by atoms with Crippen LogP contribution in [0, 0.1) is 29.7 Å². The Morgan fingerprint density at radius 2 is 2.23 bits per heavy atom. The Labute approximate surface area is 83.9 Å². The van der Waals surface area contributed by atoms with Crippen molar-refractivity contribution in [3.05, 3.63) is 21.8 Å². The highest BCUT2D eigenvalue weighted by Crippen LogP contribution is 2.20. The minimum Gasteiger partial charge on any atom is -0.276 e. The van der Waals surface area contributed by atoms with E-state index in [4.69, 9.17) is 10.5 Å². The largest absolute Gasteiger partial charge is 0.276 e. The van der Waals surface area contributed by atoms with E-state index in [1.54, 1.807) is 19.2 Å². The van der Waals surface area contributed by atoms with Gasteiger partial charge in [0.2, 0.25) is 0 Å². The van der Waals surface area contributed by atoms with Crippen LogP contribution >= 0.6 is 15.9 Å². The van der Waals surface area contributed by atoms with Gasteiger partial charge in [-0.25, -0.2) is 4.98 Å². The van der Waals surface area contributed by atoms with Crippen LogP contribution in [0.3, 0.4) is 0 Å². The van der Waals surface area contributed by atoms with E-state index >= 15 is 0 Å². The van der Waals surface area contributed by atoms with Crippen molar-refractivity contribution >= 4 is 21.7 Å². The number of nitrogens with one attached hydrogen (secondary N) is 1. The molecule has 0 unspecified atom stereocenters. The molecular weight excluding hydrogens is 232 g/mol. The fourth-order valence-corrected chi connectivity index (χ4v) is 1.13. The number of hydrogen-bond acceptors (Lipinski definition) is 4. The lowest BCUT2D eigenvalue weighted by Gasteiger charge is -2.02. The van der Waals surface area contributed by atoms with Gasteiger partial charge in [0.1, 0.15) is 6.07 Å². The van der Waals surface area contributed by atoms with E-state index in [1.807, 2.05) is 6.07 Å². The zero-order chi connectivity index (χ0) is 9.84. The summed E-state index contributed by atoms with van der Waals surface area (Å²) in [5, 5.41) is 19.4. The Balaban J connectivity index is 3.28. The van der Waals surface area contributed by atoms with Crippen LogP contribution in [0.1, 0.15) is 11.3 Å². The Kier molecular flexibility index (Phi) is 2.84. The standard InChI is InChI=1S/C8H5BrN4/c1-5-7(9)2-6(3-10)8(13-5)12-4-11/h2H,1H3,(H,12,13). The summed E-state index contributed by atoms with van der Waals surface area (Å²) in [6.45, 7) is 1.79. The van der Waals surface area contributed by atoms with Crippen LogP contribution in [0.15, 0.2) is 10.5 Å². The maximum absolute atomic E-state index is 8.70. The van der Waals surface area contributed by atoms with Crippen LogP contribution in [-0.4, -0.2) is 4.98 Å². The summed E-state index contributed by atoms with van der Waals surface area (Å²) in [6, 6.07) is 3.57. The predicted molar refractivity (Wildman–Crippen MR) is 50.6 cm³/mol.